The monoisotopic (exact) mass is 1020 g/mol. The Morgan fingerprint density at radius 3 is 2.04 bits per heavy atom. The standard InChI is InChI=1S/C55H64Cl2N6O9/c1-32(2)24-45(52(58)68)63-54(70)47(25-33-8-5-4-6-9-33)61-50(66)29-59-49(65)28-60-53(69)46(26-34-12-15-36(16-13-34)71-30-41-43(56)10-7-11-44(41)57)62-51(67)31-72-37-17-19-38-35(27-37)14-18-40-39(38)22-23-55(3)42(40)20-21-48(55)64/h4-13,15-17,19,27,32,39-40,42,45-47H,14,18,20-26,28-31H2,1-3H3,(H2,58,68)(H,59,65)(H,60,69)(H,61,66)(H,62,67)(H,63,70)/t39-,40-,42+,45+,46+,47+,55+/m1/s1. The number of rotatable bonds is 22. The molecule has 0 saturated heterocycles. The number of carbonyl (C=O) groups is 7. The third-order valence-electron chi connectivity index (χ3n) is 14.4. The van der Waals surface area contributed by atoms with E-state index in [-0.39, 0.29) is 37.4 Å². The number of hydrogen-bond donors (Lipinski definition) is 6. The topological polar surface area (TPSA) is 224 Å². The summed E-state index contributed by atoms with van der Waals surface area (Å²) in [4.78, 5) is 91.9. The highest BCUT2D eigenvalue weighted by Gasteiger charge is 2.54. The van der Waals surface area contributed by atoms with Gasteiger partial charge in [-0.05, 0) is 121 Å². The molecular weight excluding hydrogens is 960 g/mol. The number of nitrogens with one attached hydrogen (secondary N) is 5. The zero-order chi connectivity index (χ0) is 51.5. The van der Waals surface area contributed by atoms with Crippen molar-refractivity contribution in [1.29, 1.82) is 0 Å². The van der Waals surface area contributed by atoms with Crippen LogP contribution in [0.5, 0.6) is 11.5 Å². The molecule has 7 atom stereocenters. The Hall–Kier alpha value is -6.45. The smallest absolute Gasteiger partial charge is 0.258 e. The van der Waals surface area contributed by atoms with Gasteiger partial charge in [-0.25, -0.2) is 0 Å². The van der Waals surface area contributed by atoms with Gasteiger partial charge in [-0.3, -0.25) is 33.6 Å². The first-order chi connectivity index (χ1) is 34.5. The SMILES string of the molecule is CC(C)C[C@H](NC(=O)[C@H](Cc1ccccc1)NC(=O)CNC(=O)CNC(=O)[C@H](Cc1ccc(OCc2c(Cl)cccc2Cl)cc1)NC(=O)COc1ccc2c(c1)CC[C@@H]1[C@@H]2CC[C@]2(C)C(=O)CC[C@@H]12)C(N)=O. The summed E-state index contributed by atoms with van der Waals surface area (Å²) in [5.74, 6) is -1.16. The van der Waals surface area contributed by atoms with Crippen molar-refractivity contribution in [2.45, 2.75) is 109 Å². The lowest BCUT2D eigenvalue weighted by atomic mass is 9.55. The lowest BCUT2D eigenvalue weighted by Crippen LogP contribution is -2.55. The Morgan fingerprint density at radius 1 is 0.694 bits per heavy atom. The molecule has 3 aliphatic carbocycles. The Balaban J connectivity index is 0.958. The van der Waals surface area contributed by atoms with E-state index in [1.807, 2.05) is 32.0 Å². The van der Waals surface area contributed by atoms with Gasteiger partial charge in [0, 0.05) is 40.3 Å². The number of carbonyl (C=O) groups excluding carboxylic acids is 7. The summed E-state index contributed by atoms with van der Waals surface area (Å²) in [5, 5.41) is 14.0. The van der Waals surface area contributed by atoms with Crippen molar-refractivity contribution in [3.63, 3.8) is 0 Å². The number of primary amides is 1. The average molecular weight is 1020 g/mol. The van der Waals surface area contributed by atoms with Crippen LogP contribution in [0.15, 0.2) is 91.0 Å². The summed E-state index contributed by atoms with van der Waals surface area (Å²) < 4.78 is 11.9. The fourth-order valence-electron chi connectivity index (χ4n) is 10.6. The van der Waals surface area contributed by atoms with Gasteiger partial charge in [0.25, 0.3) is 5.91 Å². The molecule has 72 heavy (non-hydrogen) atoms. The van der Waals surface area contributed by atoms with Gasteiger partial charge in [-0.1, -0.05) is 98.6 Å². The third-order valence-corrected chi connectivity index (χ3v) is 15.1. The molecule has 0 aromatic heterocycles. The van der Waals surface area contributed by atoms with Crippen molar-refractivity contribution in [2.24, 2.45) is 28.9 Å². The lowest BCUT2D eigenvalue weighted by Gasteiger charge is -2.48. The molecule has 2 fully saturated rings. The van der Waals surface area contributed by atoms with E-state index in [4.69, 9.17) is 38.4 Å². The second kappa shape index (κ2) is 24.3. The minimum atomic E-state index is -1.15. The Labute approximate surface area is 430 Å². The number of nitrogens with two attached hydrogens (primary N) is 1. The van der Waals surface area contributed by atoms with Crippen LogP contribution in [0.4, 0.5) is 0 Å². The molecule has 7 N–H and O–H groups in total. The van der Waals surface area contributed by atoms with E-state index in [9.17, 15) is 33.6 Å². The van der Waals surface area contributed by atoms with Crippen LogP contribution in [0.3, 0.4) is 0 Å². The minimum Gasteiger partial charge on any atom is -0.489 e. The van der Waals surface area contributed by atoms with Gasteiger partial charge < -0.3 is 41.8 Å². The van der Waals surface area contributed by atoms with Gasteiger partial charge in [-0.2, -0.15) is 0 Å². The second-order valence-electron chi connectivity index (χ2n) is 19.8. The van der Waals surface area contributed by atoms with Crippen molar-refractivity contribution >= 4 is 64.4 Å². The fraction of sp³-hybridized carbons (Fsp3) is 0.436. The van der Waals surface area contributed by atoms with Gasteiger partial charge in [0.1, 0.15) is 42.0 Å². The number of ketones is 1. The summed E-state index contributed by atoms with van der Waals surface area (Å²) in [5.41, 5.74) is 9.88. The molecule has 7 rings (SSSR count). The van der Waals surface area contributed by atoms with Gasteiger partial charge in [0.2, 0.25) is 29.5 Å². The maximum absolute atomic E-state index is 13.8. The number of Topliss-reactive ketones (excluding diaryl/α,β-unsaturated/α-hetero) is 1. The zero-order valence-electron chi connectivity index (χ0n) is 40.9. The molecule has 4 aromatic rings. The number of fused-ring (bicyclic) bond motifs is 5. The predicted molar refractivity (Wildman–Crippen MR) is 273 cm³/mol. The molecule has 0 aliphatic heterocycles. The van der Waals surface area contributed by atoms with Crippen molar-refractivity contribution in [3.8, 4) is 11.5 Å². The molecule has 2 saturated carbocycles. The summed E-state index contributed by atoms with van der Waals surface area (Å²) in [6.45, 7) is 4.61. The normalized spacial score (nSPS) is 20.1. The highest BCUT2D eigenvalue weighted by molar-refractivity contribution is 6.36. The fourth-order valence-corrected chi connectivity index (χ4v) is 11.1. The number of aryl methyl sites for hydroxylation is 1. The maximum Gasteiger partial charge on any atom is 0.258 e. The Bertz CT molecular complexity index is 2610. The summed E-state index contributed by atoms with van der Waals surface area (Å²) >= 11 is 12.6. The molecule has 0 heterocycles. The molecule has 15 nitrogen and oxygen atoms in total. The summed E-state index contributed by atoms with van der Waals surface area (Å²) in [6.07, 6.45) is 5.82. The molecule has 0 radical (unpaired) electrons. The van der Waals surface area contributed by atoms with E-state index in [0.717, 1.165) is 37.7 Å². The van der Waals surface area contributed by atoms with Gasteiger partial charge in [-0.15, -0.1) is 0 Å². The van der Waals surface area contributed by atoms with Crippen LogP contribution in [0.2, 0.25) is 10.0 Å². The molecule has 3 aliphatic rings. The van der Waals surface area contributed by atoms with Crippen LogP contribution >= 0.6 is 23.2 Å². The van der Waals surface area contributed by atoms with Crippen molar-refractivity contribution in [2.75, 3.05) is 19.7 Å². The van der Waals surface area contributed by atoms with Crippen LogP contribution in [-0.2, 0) is 59.4 Å². The average Bonchev–Trinajstić information content (AvgIpc) is 3.67. The van der Waals surface area contributed by atoms with Gasteiger partial charge in [0.05, 0.1) is 13.1 Å². The molecule has 17 heteroatoms. The summed E-state index contributed by atoms with van der Waals surface area (Å²) in [6, 6.07) is 23.8. The largest absolute Gasteiger partial charge is 0.489 e. The van der Waals surface area contributed by atoms with Crippen molar-refractivity contribution < 1.29 is 43.0 Å². The van der Waals surface area contributed by atoms with Gasteiger partial charge >= 0.3 is 0 Å². The van der Waals surface area contributed by atoms with E-state index in [1.54, 1.807) is 66.7 Å². The first-order valence-corrected chi connectivity index (χ1v) is 25.4. The molecule has 0 bridgehead atoms. The maximum atomic E-state index is 13.8. The quantitative estimate of drug-likeness (QED) is 0.0536. The number of benzene rings is 4. The van der Waals surface area contributed by atoms with Crippen LogP contribution in [0.1, 0.15) is 93.0 Å². The van der Waals surface area contributed by atoms with Crippen LogP contribution < -0.4 is 41.8 Å². The van der Waals surface area contributed by atoms with Crippen LogP contribution in [0, 0.1) is 23.2 Å². The van der Waals surface area contributed by atoms with E-state index in [1.165, 1.54) is 11.1 Å². The van der Waals surface area contributed by atoms with E-state index in [0.29, 0.717) is 69.0 Å². The number of ether oxygens (including phenoxy) is 2. The van der Waals surface area contributed by atoms with Crippen molar-refractivity contribution in [3.05, 3.63) is 129 Å². The first kappa shape index (κ1) is 53.4. The molecule has 0 unspecified atom stereocenters. The summed E-state index contributed by atoms with van der Waals surface area (Å²) in [7, 11) is 0. The zero-order valence-corrected chi connectivity index (χ0v) is 42.4. The second-order valence-corrected chi connectivity index (χ2v) is 20.7. The Morgan fingerprint density at radius 2 is 1.35 bits per heavy atom. The third kappa shape index (κ3) is 13.7. The molecule has 6 amide bonds. The highest BCUT2D eigenvalue weighted by Crippen LogP contribution is 2.59. The van der Waals surface area contributed by atoms with E-state index in [2.05, 4.69) is 39.6 Å². The molecule has 382 valence electrons. The van der Waals surface area contributed by atoms with Crippen LogP contribution in [-0.4, -0.2) is 79.0 Å². The molecule has 4 aromatic carbocycles. The van der Waals surface area contributed by atoms with Crippen molar-refractivity contribution in [1.82, 2.24) is 26.6 Å². The number of hydrogen-bond acceptors (Lipinski definition) is 9. The van der Waals surface area contributed by atoms with Gasteiger partial charge in [0.15, 0.2) is 6.61 Å². The molecular formula is C55H64Cl2N6O9. The Kier molecular flexibility index (Phi) is 18.0. The first-order valence-electron chi connectivity index (χ1n) is 24.7. The minimum absolute atomic E-state index is 0.0316. The van der Waals surface area contributed by atoms with E-state index < -0.39 is 66.7 Å². The predicted octanol–water partition coefficient (Wildman–Crippen LogP) is 6.08. The number of amides is 6. The van der Waals surface area contributed by atoms with Crippen LogP contribution in [0.25, 0.3) is 0 Å². The van der Waals surface area contributed by atoms with E-state index >= 15 is 0 Å². The number of halogens is 2. The highest BCUT2D eigenvalue weighted by atomic mass is 35.5. The lowest BCUT2D eigenvalue weighted by molar-refractivity contribution is -0.132. The molecule has 0 spiro atoms.